The highest BCUT2D eigenvalue weighted by Gasteiger charge is 2.02. The van der Waals surface area contributed by atoms with Gasteiger partial charge in [0.2, 0.25) is 11.2 Å². The van der Waals surface area contributed by atoms with Gasteiger partial charge in [0, 0.05) is 6.20 Å². The summed E-state index contributed by atoms with van der Waals surface area (Å²) in [5, 5.41) is 5.37. The molecule has 0 radical (unpaired) electrons. The topological polar surface area (TPSA) is 66.9 Å². The minimum absolute atomic E-state index is 0.0874. The number of hydrogen-bond donors (Lipinski definition) is 2. The number of aromatic nitrogens is 2. The van der Waals surface area contributed by atoms with E-state index in [0.717, 1.165) is 0 Å². The molecule has 0 unspecified atom stereocenters. The van der Waals surface area contributed by atoms with Gasteiger partial charge in [-0.15, -0.1) is 6.42 Å². The summed E-state index contributed by atoms with van der Waals surface area (Å²) in [5.41, 5.74) is 0. The van der Waals surface area contributed by atoms with E-state index < -0.39 is 0 Å². The maximum absolute atomic E-state index is 11.3. The molecule has 0 bridgehead atoms. The molecule has 5 nitrogen and oxygen atoms in total. The van der Waals surface area contributed by atoms with E-state index in [1.807, 2.05) is 0 Å². The summed E-state index contributed by atoms with van der Waals surface area (Å²) in [5.74, 6) is 2.49. The van der Waals surface area contributed by atoms with Gasteiger partial charge in [0.1, 0.15) is 5.82 Å². The Kier molecular flexibility index (Phi) is 4.54. The van der Waals surface area contributed by atoms with Crippen LogP contribution in [0.1, 0.15) is 0 Å². The molecule has 1 heterocycles. The first-order valence-electron chi connectivity index (χ1n) is 4.15. The third kappa shape index (κ3) is 4.40. The zero-order valence-corrected chi connectivity index (χ0v) is 8.58. The Hall–Kier alpha value is -1.64. The molecule has 1 aromatic rings. The monoisotopic (exact) mass is 224 g/mol. The number of carbonyl (C=O) groups excluding carboxylic acids is 1. The standard InChI is InChI=1S/C9H9ClN4O/c1-2-4-11-6-8(15)13-7-3-5-12-9(10)14-7/h1,3,5,11H,4,6H2,(H,12,13,14,15). The number of nitrogens with zero attached hydrogens (tertiary/aromatic N) is 2. The van der Waals surface area contributed by atoms with Crippen molar-refractivity contribution in [2.75, 3.05) is 18.4 Å². The van der Waals surface area contributed by atoms with Gasteiger partial charge in [-0.2, -0.15) is 0 Å². The van der Waals surface area contributed by atoms with Gasteiger partial charge >= 0.3 is 0 Å². The number of rotatable bonds is 4. The highest BCUT2D eigenvalue weighted by molar-refractivity contribution is 6.28. The van der Waals surface area contributed by atoms with Gasteiger partial charge < -0.3 is 5.32 Å². The lowest BCUT2D eigenvalue weighted by Crippen LogP contribution is -2.28. The number of anilines is 1. The first-order chi connectivity index (χ1) is 7.22. The number of halogens is 1. The highest BCUT2D eigenvalue weighted by Crippen LogP contribution is 2.04. The van der Waals surface area contributed by atoms with Crippen LogP contribution in [-0.4, -0.2) is 29.0 Å². The molecule has 2 N–H and O–H groups in total. The third-order valence-corrected chi connectivity index (χ3v) is 1.59. The van der Waals surface area contributed by atoms with Crippen molar-refractivity contribution in [3.05, 3.63) is 17.5 Å². The summed E-state index contributed by atoms with van der Waals surface area (Å²) < 4.78 is 0. The largest absolute Gasteiger partial charge is 0.309 e. The Morgan fingerprint density at radius 2 is 2.47 bits per heavy atom. The predicted molar refractivity (Wildman–Crippen MR) is 57.4 cm³/mol. The Morgan fingerprint density at radius 1 is 1.67 bits per heavy atom. The van der Waals surface area contributed by atoms with E-state index in [1.165, 1.54) is 6.20 Å². The molecule has 0 aliphatic heterocycles. The minimum atomic E-state index is -0.236. The van der Waals surface area contributed by atoms with Crippen molar-refractivity contribution in [2.45, 2.75) is 0 Å². The Bertz CT molecular complexity index is 388. The fourth-order valence-corrected chi connectivity index (χ4v) is 0.987. The maximum atomic E-state index is 11.3. The van der Waals surface area contributed by atoms with Crippen LogP contribution >= 0.6 is 11.6 Å². The van der Waals surface area contributed by atoms with Crippen LogP contribution in [0.3, 0.4) is 0 Å². The number of amides is 1. The molecular formula is C9H9ClN4O. The van der Waals surface area contributed by atoms with Crippen molar-refractivity contribution in [3.63, 3.8) is 0 Å². The quantitative estimate of drug-likeness (QED) is 0.438. The molecule has 15 heavy (non-hydrogen) atoms. The summed E-state index contributed by atoms with van der Waals surface area (Å²) in [6.45, 7) is 0.476. The minimum Gasteiger partial charge on any atom is -0.309 e. The molecule has 0 atom stereocenters. The molecule has 0 saturated heterocycles. The number of hydrogen-bond acceptors (Lipinski definition) is 4. The first-order valence-corrected chi connectivity index (χ1v) is 4.52. The molecule has 0 aliphatic carbocycles. The van der Waals surface area contributed by atoms with Crippen LogP contribution in [0, 0.1) is 12.3 Å². The van der Waals surface area contributed by atoms with Crippen molar-refractivity contribution in [1.82, 2.24) is 15.3 Å². The van der Waals surface area contributed by atoms with Crippen LogP contribution in [0.2, 0.25) is 5.28 Å². The van der Waals surface area contributed by atoms with E-state index in [-0.39, 0.29) is 17.7 Å². The van der Waals surface area contributed by atoms with Crippen molar-refractivity contribution in [3.8, 4) is 12.3 Å². The molecule has 1 aromatic heterocycles. The number of carbonyl (C=O) groups is 1. The van der Waals surface area contributed by atoms with Gasteiger partial charge in [-0.3, -0.25) is 10.1 Å². The number of nitrogens with one attached hydrogen (secondary N) is 2. The lowest BCUT2D eigenvalue weighted by molar-refractivity contribution is -0.115. The second kappa shape index (κ2) is 5.96. The second-order valence-corrected chi connectivity index (χ2v) is 2.90. The van der Waals surface area contributed by atoms with Gasteiger partial charge in [-0.25, -0.2) is 9.97 Å². The molecule has 1 rings (SSSR count). The molecule has 0 aromatic carbocycles. The van der Waals surface area contributed by atoms with E-state index in [9.17, 15) is 4.79 Å². The maximum Gasteiger partial charge on any atom is 0.239 e. The molecule has 0 fully saturated rings. The Morgan fingerprint density at radius 3 is 3.13 bits per heavy atom. The summed E-state index contributed by atoms with van der Waals surface area (Å²) in [4.78, 5) is 18.7. The third-order valence-electron chi connectivity index (χ3n) is 1.41. The van der Waals surface area contributed by atoms with E-state index in [0.29, 0.717) is 12.4 Å². The van der Waals surface area contributed by atoms with Crippen LogP contribution in [-0.2, 0) is 4.79 Å². The Labute approximate surface area is 92.3 Å². The molecule has 0 spiro atoms. The average Bonchev–Trinajstić information content (AvgIpc) is 2.18. The second-order valence-electron chi connectivity index (χ2n) is 2.57. The molecule has 0 aliphatic rings. The molecule has 1 amide bonds. The van der Waals surface area contributed by atoms with Crippen molar-refractivity contribution in [1.29, 1.82) is 0 Å². The van der Waals surface area contributed by atoms with Crippen molar-refractivity contribution in [2.24, 2.45) is 0 Å². The fraction of sp³-hybridized carbons (Fsp3) is 0.222. The molecule has 0 saturated carbocycles. The van der Waals surface area contributed by atoms with Crippen LogP contribution < -0.4 is 10.6 Å². The first kappa shape index (κ1) is 11.4. The van der Waals surface area contributed by atoms with Crippen LogP contribution in [0.4, 0.5) is 5.82 Å². The Balaban J connectivity index is 2.42. The normalized spacial score (nSPS) is 9.33. The van der Waals surface area contributed by atoms with Gasteiger partial charge in [-0.1, -0.05) is 5.92 Å². The average molecular weight is 225 g/mol. The zero-order chi connectivity index (χ0) is 11.1. The lowest BCUT2D eigenvalue weighted by Gasteiger charge is -2.03. The zero-order valence-electron chi connectivity index (χ0n) is 7.83. The van der Waals surface area contributed by atoms with Gasteiger partial charge in [0.25, 0.3) is 0 Å². The van der Waals surface area contributed by atoms with E-state index in [1.54, 1.807) is 6.07 Å². The smallest absolute Gasteiger partial charge is 0.239 e. The van der Waals surface area contributed by atoms with Gasteiger partial charge in [0.15, 0.2) is 0 Å². The summed E-state index contributed by atoms with van der Waals surface area (Å²) >= 11 is 5.54. The predicted octanol–water partition coefficient (Wildman–Crippen LogP) is 0.291. The summed E-state index contributed by atoms with van der Waals surface area (Å²) in [6, 6.07) is 1.55. The van der Waals surface area contributed by atoms with E-state index in [2.05, 4.69) is 26.5 Å². The van der Waals surface area contributed by atoms with Crippen molar-refractivity contribution >= 4 is 23.3 Å². The highest BCUT2D eigenvalue weighted by atomic mass is 35.5. The lowest BCUT2D eigenvalue weighted by atomic mass is 10.5. The SMILES string of the molecule is C#CCNCC(=O)Nc1ccnc(Cl)n1. The molecule has 78 valence electrons. The van der Waals surface area contributed by atoms with E-state index in [4.69, 9.17) is 18.0 Å². The molecule has 6 heteroatoms. The van der Waals surface area contributed by atoms with Gasteiger partial charge in [0.05, 0.1) is 13.1 Å². The van der Waals surface area contributed by atoms with Gasteiger partial charge in [-0.05, 0) is 17.7 Å². The van der Waals surface area contributed by atoms with Crippen LogP contribution in [0.15, 0.2) is 12.3 Å². The van der Waals surface area contributed by atoms with Crippen molar-refractivity contribution < 1.29 is 4.79 Å². The fourth-order valence-electron chi connectivity index (χ4n) is 0.840. The summed E-state index contributed by atoms with van der Waals surface area (Å²) in [7, 11) is 0. The summed E-state index contributed by atoms with van der Waals surface area (Å²) in [6.07, 6.45) is 6.46. The van der Waals surface area contributed by atoms with Crippen LogP contribution in [0.5, 0.6) is 0 Å². The van der Waals surface area contributed by atoms with Crippen LogP contribution in [0.25, 0.3) is 0 Å². The molecular weight excluding hydrogens is 216 g/mol. The van der Waals surface area contributed by atoms with E-state index >= 15 is 0 Å². The number of terminal acetylenes is 1.